The van der Waals surface area contributed by atoms with Crippen LogP contribution in [0.5, 0.6) is 0 Å². The maximum absolute atomic E-state index is 5.85. The van der Waals surface area contributed by atoms with Gasteiger partial charge in [-0.1, -0.05) is 16.8 Å². The molecule has 3 heterocycles. The first-order valence-electron chi connectivity index (χ1n) is 6.51. The Balaban J connectivity index is 1.61. The fourth-order valence-electron chi connectivity index (χ4n) is 2.11. The van der Waals surface area contributed by atoms with Gasteiger partial charge in [-0.3, -0.25) is 4.90 Å². The van der Waals surface area contributed by atoms with Gasteiger partial charge in [0, 0.05) is 25.7 Å². The lowest BCUT2D eigenvalue weighted by Crippen LogP contribution is -2.35. The second-order valence-corrected chi connectivity index (χ2v) is 5.04. The summed E-state index contributed by atoms with van der Waals surface area (Å²) in [6.45, 7) is 4.00. The third kappa shape index (κ3) is 3.53. The zero-order valence-electron chi connectivity index (χ0n) is 11.0. The summed E-state index contributed by atoms with van der Waals surface area (Å²) in [6.07, 6.45) is 2.27. The summed E-state index contributed by atoms with van der Waals surface area (Å²) in [6, 6.07) is 3.70. The fraction of sp³-hybridized carbons (Fsp3) is 0.462. The molecule has 0 radical (unpaired) electrons. The molecule has 7 heteroatoms. The molecule has 0 atom stereocenters. The van der Waals surface area contributed by atoms with Gasteiger partial charge in [0.25, 0.3) is 0 Å². The molecule has 6 nitrogen and oxygen atoms in total. The summed E-state index contributed by atoms with van der Waals surface area (Å²) in [5.74, 6) is 1.30. The molecular weight excluding hydrogens is 280 g/mol. The lowest BCUT2D eigenvalue weighted by atomic mass is 10.2. The molecule has 3 rings (SSSR count). The normalized spacial score (nSPS) is 16.4. The average Bonchev–Trinajstić information content (AvgIpc) is 2.87. The topological polar surface area (TPSA) is 64.3 Å². The van der Waals surface area contributed by atoms with E-state index in [9.17, 15) is 0 Å². The molecule has 1 aliphatic rings. The minimum absolute atomic E-state index is 0.472. The van der Waals surface area contributed by atoms with Crippen LogP contribution in [0.3, 0.4) is 0 Å². The second kappa shape index (κ2) is 6.30. The number of pyridine rings is 1. The van der Waals surface area contributed by atoms with Gasteiger partial charge in [0.1, 0.15) is 5.15 Å². The first kappa shape index (κ1) is 13.5. The molecule has 0 aliphatic carbocycles. The highest BCUT2D eigenvalue weighted by molar-refractivity contribution is 6.29. The van der Waals surface area contributed by atoms with Crippen molar-refractivity contribution in [3.63, 3.8) is 0 Å². The molecule has 0 aromatic carbocycles. The van der Waals surface area contributed by atoms with Gasteiger partial charge >= 0.3 is 0 Å². The molecule has 1 aliphatic heterocycles. The molecule has 2 aromatic rings. The Morgan fingerprint density at radius 2 is 2.15 bits per heavy atom. The van der Waals surface area contributed by atoms with E-state index < -0.39 is 0 Å². The van der Waals surface area contributed by atoms with Crippen LogP contribution in [0, 0.1) is 0 Å². The van der Waals surface area contributed by atoms with E-state index in [0.717, 1.165) is 31.9 Å². The van der Waals surface area contributed by atoms with Crippen LogP contribution in [-0.4, -0.2) is 46.3 Å². The van der Waals surface area contributed by atoms with Gasteiger partial charge < -0.3 is 9.26 Å². The predicted molar refractivity (Wildman–Crippen MR) is 72.4 cm³/mol. The first-order chi connectivity index (χ1) is 9.79. The third-order valence-electron chi connectivity index (χ3n) is 3.13. The quantitative estimate of drug-likeness (QED) is 0.797. The SMILES string of the molecule is Clc1cc(Cc2noc(CN3CCOCC3)n2)ccn1. The van der Waals surface area contributed by atoms with E-state index in [4.69, 9.17) is 20.9 Å². The van der Waals surface area contributed by atoms with Gasteiger partial charge in [-0.15, -0.1) is 0 Å². The molecule has 0 amide bonds. The standard InChI is InChI=1S/C13H15ClN4O2/c14-11-7-10(1-2-15-11)8-12-16-13(20-17-12)9-18-3-5-19-6-4-18/h1-2,7H,3-6,8-9H2. The molecule has 1 saturated heterocycles. The highest BCUT2D eigenvalue weighted by Crippen LogP contribution is 2.12. The molecule has 0 spiro atoms. The highest BCUT2D eigenvalue weighted by Gasteiger charge is 2.15. The number of ether oxygens (including phenoxy) is 1. The van der Waals surface area contributed by atoms with Crippen LogP contribution >= 0.6 is 11.6 Å². The summed E-state index contributed by atoms with van der Waals surface area (Å²) < 4.78 is 10.6. The minimum Gasteiger partial charge on any atom is -0.379 e. The average molecular weight is 295 g/mol. The Hall–Kier alpha value is -1.50. The molecular formula is C13H15ClN4O2. The number of rotatable bonds is 4. The molecule has 2 aromatic heterocycles. The zero-order valence-corrected chi connectivity index (χ0v) is 11.7. The summed E-state index contributed by atoms with van der Waals surface area (Å²) >= 11 is 5.85. The maximum Gasteiger partial charge on any atom is 0.240 e. The molecule has 0 saturated carbocycles. The maximum atomic E-state index is 5.85. The summed E-state index contributed by atoms with van der Waals surface area (Å²) in [4.78, 5) is 10.6. The smallest absolute Gasteiger partial charge is 0.240 e. The largest absolute Gasteiger partial charge is 0.379 e. The monoisotopic (exact) mass is 294 g/mol. The molecule has 0 bridgehead atoms. The van der Waals surface area contributed by atoms with Crippen molar-refractivity contribution in [3.05, 3.63) is 40.8 Å². The second-order valence-electron chi connectivity index (χ2n) is 4.66. The third-order valence-corrected chi connectivity index (χ3v) is 3.33. The highest BCUT2D eigenvalue weighted by atomic mass is 35.5. The van der Waals surface area contributed by atoms with E-state index in [0.29, 0.717) is 29.8 Å². The van der Waals surface area contributed by atoms with Gasteiger partial charge in [-0.25, -0.2) is 4.98 Å². The van der Waals surface area contributed by atoms with Crippen molar-refractivity contribution >= 4 is 11.6 Å². The van der Waals surface area contributed by atoms with E-state index in [-0.39, 0.29) is 0 Å². The fourth-order valence-corrected chi connectivity index (χ4v) is 2.31. The first-order valence-corrected chi connectivity index (χ1v) is 6.89. The molecule has 106 valence electrons. The van der Waals surface area contributed by atoms with E-state index in [1.807, 2.05) is 6.07 Å². The Labute approximate surface area is 121 Å². The number of hydrogen-bond donors (Lipinski definition) is 0. The van der Waals surface area contributed by atoms with Gasteiger partial charge in [0.2, 0.25) is 5.89 Å². The van der Waals surface area contributed by atoms with Crippen LogP contribution < -0.4 is 0 Å². The molecule has 20 heavy (non-hydrogen) atoms. The van der Waals surface area contributed by atoms with Crippen molar-refractivity contribution in [2.45, 2.75) is 13.0 Å². The number of hydrogen-bond acceptors (Lipinski definition) is 6. The number of morpholine rings is 1. The summed E-state index contributed by atoms with van der Waals surface area (Å²) in [5, 5.41) is 4.47. The van der Waals surface area contributed by atoms with Crippen molar-refractivity contribution in [2.24, 2.45) is 0 Å². The van der Waals surface area contributed by atoms with E-state index >= 15 is 0 Å². The van der Waals surface area contributed by atoms with E-state index in [1.54, 1.807) is 12.3 Å². The number of aromatic nitrogens is 3. The van der Waals surface area contributed by atoms with Crippen LogP contribution in [0.15, 0.2) is 22.9 Å². The van der Waals surface area contributed by atoms with Crippen LogP contribution in [0.2, 0.25) is 5.15 Å². The number of halogens is 1. The van der Waals surface area contributed by atoms with Gasteiger partial charge in [0.15, 0.2) is 5.82 Å². The molecule has 1 fully saturated rings. The van der Waals surface area contributed by atoms with E-state index in [2.05, 4.69) is 20.0 Å². The van der Waals surface area contributed by atoms with Crippen molar-refractivity contribution in [2.75, 3.05) is 26.3 Å². The summed E-state index contributed by atoms with van der Waals surface area (Å²) in [5.41, 5.74) is 1.02. The molecule has 0 unspecified atom stereocenters. The lowest BCUT2D eigenvalue weighted by molar-refractivity contribution is 0.0297. The lowest BCUT2D eigenvalue weighted by Gasteiger charge is -2.24. The van der Waals surface area contributed by atoms with Gasteiger partial charge in [-0.05, 0) is 17.7 Å². The van der Waals surface area contributed by atoms with Crippen molar-refractivity contribution in [1.29, 1.82) is 0 Å². The number of nitrogens with zero attached hydrogens (tertiary/aromatic N) is 4. The Morgan fingerprint density at radius 1 is 1.30 bits per heavy atom. The Morgan fingerprint density at radius 3 is 2.95 bits per heavy atom. The predicted octanol–water partition coefficient (Wildman–Crippen LogP) is 1.54. The Bertz CT molecular complexity index is 569. The van der Waals surface area contributed by atoms with Gasteiger partial charge in [0.05, 0.1) is 19.8 Å². The van der Waals surface area contributed by atoms with Crippen LogP contribution in [0.4, 0.5) is 0 Å². The zero-order chi connectivity index (χ0) is 13.8. The van der Waals surface area contributed by atoms with Crippen molar-refractivity contribution in [1.82, 2.24) is 20.0 Å². The Kier molecular flexibility index (Phi) is 4.25. The minimum atomic E-state index is 0.472. The van der Waals surface area contributed by atoms with Crippen molar-refractivity contribution in [3.8, 4) is 0 Å². The molecule has 0 N–H and O–H groups in total. The van der Waals surface area contributed by atoms with Crippen LogP contribution in [-0.2, 0) is 17.7 Å². The summed E-state index contributed by atoms with van der Waals surface area (Å²) in [7, 11) is 0. The van der Waals surface area contributed by atoms with Crippen LogP contribution in [0.1, 0.15) is 17.3 Å². The van der Waals surface area contributed by atoms with Gasteiger partial charge in [-0.2, -0.15) is 4.98 Å². The van der Waals surface area contributed by atoms with E-state index in [1.165, 1.54) is 0 Å². The van der Waals surface area contributed by atoms with Crippen LogP contribution in [0.25, 0.3) is 0 Å². The van der Waals surface area contributed by atoms with Crippen molar-refractivity contribution < 1.29 is 9.26 Å².